The van der Waals surface area contributed by atoms with Gasteiger partial charge in [-0.05, 0) is 104 Å². The quantitative estimate of drug-likeness (QED) is 0.325. The summed E-state index contributed by atoms with van der Waals surface area (Å²) in [5, 5.41) is 17.3. The SMILES string of the molecule is C[C@H](CCC(=O)OCC(F)(F)S(=O)(=O)O)[C@H]1CC[C@H]2[C@@H]3CCC4C[C@H](O)CC[C@]4(C)[C@H]3C[C@H](O)[C@]12C. The maximum atomic E-state index is 13.3. The molecular weight excluding hydrogens is 494 g/mol. The molecule has 4 aliphatic carbocycles. The number of carbonyl (C=O) groups is 1. The lowest BCUT2D eigenvalue weighted by Crippen LogP contribution is -2.58. The first-order chi connectivity index (χ1) is 16.6. The maximum Gasteiger partial charge on any atom is 0.402 e. The molecule has 0 bridgehead atoms. The van der Waals surface area contributed by atoms with Crippen LogP contribution in [0.3, 0.4) is 0 Å². The fourth-order valence-corrected chi connectivity index (χ4v) is 9.23. The van der Waals surface area contributed by atoms with E-state index in [0.29, 0.717) is 30.1 Å². The molecule has 10 atom stereocenters. The van der Waals surface area contributed by atoms with Crippen LogP contribution in [0.15, 0.2) is 0 Å². The van der Waals surface area contributed by atoms with Crippen LogP contribution in [-0.4, -0.2) is 53.2 Å². The zero-order valence-electron chi connectivity index (χ0n) is 21.5. The van der Waals surface area contributed by atoms with E-state index in [9.17, 15) is 32.2 Å². The Kier molecular flexibility index (Phi) is 7.61. The van der Waals surface area contributed by atoms with Crippen molar-refractivity contribution in [2.24, 2.45) is 46.3 Å². The number of hydrogen-bond acceptors (Lipinski definition) is 6. The van der Waals surface area contributed by atoms with Crippen LogP contribution in [0.2, 0.25) is 0 Å². The molecule has 4 aliphatic rings. The molecule has 0 radical (unpaired) electrons. The summed E-state index contributed by atoms with van der Waals surface area (Å²) in [6, 6.07) is 0. The van der Waals surface area contributed by atoms with Gasteiger partial charge >= 0.3 is 21.3 Å². The first-order valence-electron chi connectivity index (χ1n) is 13.5. The molecule has 0 heterocycles. The van der Waals surface area contributed by atoms with E-state index in [2.05, 4.69) is 18.6 Å². The average molecular weight is 537 g/mol. The Morgan fingerprint density at radius 3 is 2.44 bits per heavy atom. The summed E-state index contributed by atoms with van der Waals surface area (Å²) >= 11 is 0. The van der Waals surface area contributed by atoms with Gasteiger partial charge in [-0.3, -0.25) is 9.35 Å². The molecule has 4 rings (SSSR count). The highest BCUT2D eigenvalue weighted by Crippen LogP contribution is 2.68. The van der Waals surface area contributed by atoms with Gasteiger partial charge in [-0.1, -0.05) is 20.8 Å². The van der Waals surface area contributed by atoms with Crippen LogP contribution in [0.1, 0.15) is 85.0 Å². The van der Waals surface area contributed by atoms with Gasteiger partial charge in [-0.2, -0.15) is 17.2 Å². The van der Waals surface area contributed by atoms with E-state index in [-0.39, 0.29) is 35.2 Å². The molecule has 208 valence electrons. The van der Waals surface area contributed by atoms with Gasteiger partial charge in [0, 0.05) is 6.42 Å². The molecule has 10 heteroatoms. The average Bonchev–Trinajstić information content (AvgIpc) is 3.15. The Morgan fingerprint density at radius 2 is 1.78 bits per heavy atom. The Balaban J connectivity index is 1.39. The van der Waals surface area contributed by atoms with Crippen molar-refractivity contribution < 1.29 is 41.5 Å². The van der Waals surface area contributed by atoms with E-state index >= 15 is 0 Å². The van der Waals surface area contributed by atoms with Crippen molar-refractivity contribution >= 4 is 16.1 Å². The van der Waals surface area contributed by atoms with Gasteiger partial charge in [-0.15, -0.1) is 0 Å². The summed E-state index contributed by atoms with van der Waals surface area (Å²) in [5.74, 6) is 1.20. The van der Waals surface area contributed by atoms with Crippen molar-refractivity contribution in [3.63, 3.8) is 0 Å². The molecule has 0 spiro atoms. The normalized spacial score (nSPS) is 43.7. The van der Waals surface area contributed by atoms with Crippen molar-refractivity contribution in [2.75, 3.05) is 6.61 Å². The number of aliphatic hydroxyl groups is 2. The highest BCUT2D eigenvalue weighted by molar-refractivity contribution is 7.86. The smallest absolute Gasteiger partial charge is 0.402 e. The van der Waals surface area contributed by atoms with Crippen LogP contribution in [0, 0.1) is 46.3 Å². The lowest BCUT2D eigenvalue weighted by atomic mass is 9.43. The van der Waals surface area contributed by atoms with Gasteiger partial charge in [0.15, 0.2) is 6.61 Å². The standard InChI is InChI=1S/C26H42F2O7S/c1-15(4-9-23(31)35-14-26(27,28)36(32,33)34)19-7-8-20-18-6-5-16-12-17(29)10-11-24(16,2)21(18)13-22(30)25(19,20)3/h15-22,29-30H,4-14H2,1-3H3,(H,32,33,34)/t15-,16?,17-,18+,19-,20+,21+,22+,24+,25-/m1/s1. The van der Waals surface area contributed by atoms with Crippen molar-refractivity contribution in [1.82, 2.24) is 0 Å². The zero-order valence-corrected chi connectivity index (χ0v) is 22.4. The largest absolute Gasteiger partial charge is 0.458 e. The summed E-state index contributed by atoms with van der Waals surface area (Å²) in [5.41, 5.74) is -0.123. The second kappa shape index (κ2) is 9.72. The molecule has 3 N–H and O–H groups in total. The third-order valence-electron chi connectivity index (χ3n) is 11.1. The summed E-state index contributed by atoms with van der Waals surface area (Å²) in [4.78, 5) is 12.0. The van der Waals surface area contributed by atoms with Gasteiger partial charge in [0.2, 0.25) is 0 Å². The van der Waals surface area contributed by atoms with E-state index in [0.717, 1.165) is 51.4 Å². The molecular formula is C26H42F2O7S. The maximum absolute atomic E-state index is 13.3. The van der Waals surface area contributed by atoms with Gasteiger partial charge in [0.25, 0.3) is 0 Å². The number of carbonyl (C=O) groups excluding carboxylic acids is 1. The topological polar surface area (TPSA) is 121 Å². The van der Waals surface area contributed by atoms with Crippen LogP contribution in [-0.2, 0) is 19.6 Å². The molecule has 7 nitrogen and oxygen atoms in total. The Hall–Kier alpha value is -0.840. The van der Waals surface area contributed by atoms with Crippen LogP contribution >= 0.6 is 0 Å². The summed E-state index contributed by atoms with van der Waals surface area (Å²) < 4.78 is 61.1. The first-order valence-corrected chi connectivity index (χ1v) is 14.9. The highest BCUT2D eigenvalue weighted by atomic mass is 32.2. The summed E-state index contributed by atoms with van der Waals surface area (Å²) in [6.07, 6.45) is 7.27. The monoisotopic (exact) mass is 536 g/mol. The molecule has 0 aromatic carbocycles. The van der Waals surface area contributed by atoms with E-state index in [1.807, 2.05) is 6.92 Å². The second-order valence-electron chi connectivity index (χ2n) is 12.7. The van der Waals surface area contributed by atoms with Crippen LogP contribution < -0.4 is 0 Å². The van der Waals surface area contributed by atoms with E-state index in [4.69, 9.17) is 4.55 Å². The number of rotatable bonds is 7. The van der Waals surface area contributed by atoms with E-state index in [1.54, 1.807) is 0 Å². The van der Waals surface area contributed by atoms with Gasteiger partial charge < -0.3 is 14.9 Å². The number of fused-ring (bicyclic) bond motifs is 5. The van der Waals surface area contributed by atoms with Crippen LogP contribution in [0.4, 0.5) is 8.78 Å². The first kappa shape index (κ1) is 28.2. The fourth-order valence-electron chi connectivity index (χ4n) is 9.02. The molecule has 36 heavy (non-hydrogen) atoms. The summed E-state index contributed by atoms with van der Waals surface area (Å²) in [7, 11) is -5.65. The molecule has 0 amide bonds. The van der Waals surface area contributed by atoms with E-state index in [1.165, 1.54) is 0 Å². The predicted octanol–water partition coefficient (Wildman–Crippen LogP) is 4.42. The molecule has 0 saturated heterocycles. The number of halogens is 2. The Morgan fingerprint density at radius 1 is 1.08 bits per heavy atom. The summed E-state index contributed by atoms with van der Waals surface area (Å²) in [6.45, 7) is 4.89. The highest BCUT2D eigenvalue weighted by Gasteiger charge is 2.63. The van der Waals surface area contributed by atoms with Gasteiger partial charge in [-0.25, -0.2) is 0 Å². The molecule has 1 unspecified atom stereocenters. The lowest BCUT2D eigenvalue weighted by Gasteiger charge is -2.62. The number of alkyl halides is 2. The molecule has 0 aromatic rings. The molecule has 4 fully saturated rings. The fraction of sp³-hybridized carbons (Fsp3) is 0.962. The van der Waals surface area contributed by atoms with Crippen molar-refractivity contribution in [1.29, 1.82) is 0 Å². The minimum Gasteiger partial charge on any atom is -0.458 e. The predicted molar refractivity (Wildman–Crippen MR) is 128 cm³/mol. The van der Waals surface area contributed by atoms with Gasteiger partial charge in [0.1, 0.15) is 0 Å². The van der Waals surface area contributed by atoms with Gasteiger partial charge in [0.05, 0.1) is 12.2 Å². The lowest BCUT2D eigenvalue weighted by molar-refractivity contribution is -0.175. The number of aliphatic hydroxyl groups excluding tert-OH is 2. The van der Waals surface area contributed by atoms with Crippen LogP contribution in [0.5, 0.6) is 0 Å². The number of hydrogen-bond donors (Lipinski definition) is 3. The Bertz CT molecular complexity index is 943. The third-order valence-corrected chi connectivity index (χ3v) is 12.0. The molecule has 4 saturated carbocycles. The third kappa shape index (κ3) is 4.73. The van der Waals surface area contributed by atoms with Crippen molar-refractivity contribution in [3.05, 3.63) is 0 Å². The minimum atomic E-state index is -5.65. The zero-order chi connectivity index (χ0) is 26.7. The van der Waals surface area contributed by atoms with Crippen LogP contribution in [0.25, 0.3) is 0 Å². The number of ether oxygens (including phenoxy) is 1. The minimum absolute atomic E-state index is 0.0533. The van der Waals surface area contributed by atoms with Crippen molar-refractivity contribution in [3.8, 4) is 0 Å². The van der Waals surface area contributed by atoms with E-state index < -0.39 is 34.1 Å². The van der Waals surface area contributed by atoms with Crippen molar-refractivity contribution in [2.45, 2.75) is 102 Å². The Labute approximate surface area is 213 Å². The number of esters is 1. The molecule has 0 aliphatic heterocycles. The molecule has 0 aromatic heterocycles. The second-order valence-corrected chi connectivity index (χ2v) is 14.2.